The van der Waals surface area contributed by atoms with Gasteiger partial charge in [-0.1, -0.05) is 26.0 Å². The van der Waals surface area contributed by atoms with Gasteiger partial charge in [0, 0.05) is 6.04 Å². The third kappa shape index (κ3) is 5.05. The highest BCUT2D eigenvalue weighted by molar-refractivity contribution is 5.85. The average Bonchev–Trinajstić information content (AvgIpc) is 2.36. The minimum Gasteiger partial charge on any atom is -0.481 e. The van der Waals surface area contributed by atoms with Crippen molar-refractivity contribution in [2.75, 3.05) is 0 Å². The first kappa shape index (κ1) is 15.7. The predicted octanol–water partition coefficient (Wildman–Crippen LogP) is 2.59. The van der Waals surface area contributed by atoms with Crippen molar-refractivity contribution in [2.45, 2.75) is 52.5 Å². The highest BCUT2D eigenvalue weighted by atomic mass is 16.4. The molecule has 0 aromatic rings. The Bertz CT molecular complexity index is 349. The number of nitrogens with one attached hydrogen (secondary N) is 1. The van der Waals surface area contributed by atoms with Gasteiger partial charge >= 0.3 is 5.97 Å². The third-order valence-corrected chi connectivity index (χ3v) is 3.65. The molecule has 0 heterocycles. The van der Waals surface area contributed by atoms with Crippen LogP contribution in [0.1, 0.15) is 46.5 Å². The van der Waals surface area contributed by atoms with E-state index in [0.29, 0.717) is 18.8 Å². The van der Waals surface area contributed by atoms with Crippen LogP contribution in [0.15, 0.2) is 12.2 Å². The van der Waals surface area contributed by atoms with Gasteiger partial charge in [0.1, 0.15) is 0 Å². The van der Waals surface area contributed by atoms with Gasteiger partial charge in [-0.3, -0.25) is 9.59 Å². The van der Waals surface area contributed by atoms with Crippen molar-refractivity contribution in [3.63, 3.8) is 0 Å². The summed E-state index contributed by atoms with van der Waals surface area (Å²) < 4.78 is 0. The summed E-state index contributed by atoms with van der Waals surface area (Å²) in [5.74, 6) is -1.39. The Balaban J connectivity index is 2.51. The lowest BCUT2D eigenvalue weighted by molar-refractivity contribution is -0.147. The first-order chi connectivity index (χ1) is 8.91. The van der Waals surface area contributed by atoms with Gasteiger partial charge in [0.15, 0.2) is 0 Å². The summed E-state index contributed by atoms with van der Waals surface area (Å²) in [7, 11) is 0. The van der Waals surface area contributed by atoms with E-state index in [1.807, 2.05) is 19.1 Å². The van der Waals surface area contributed by atoms with E-state index in [0.717, 1.165) is 12.8 Å². The summed E-state index contributed by atoms with van der Waals surface area (Å²) in [6.07, 6.45) is 6.73. The number of hydrogen-bond donors (Lipinski definition) is 2. The number of carbonyl (C=O) groups excluding carboxylic acids is 1. The molecular formula is C15H25NO3. The lowest BCUT2D eigenvalue weighted by atomic mass is 9.82. The van der Waals surface area contributed by atoms with Crippen molar-refractivity contribution in [2.24, 2.45) is 17.8 Å². The lowest BCUT2D eigenvalue weighted by Gasteiger charge is -2.26. The fraction of sp³-hybridized carbons (Fsp3) is 0.733. The maximum Gasteiger partial charge on any atom is 0.307 e. The molecule has 0 spiro atoms. The van der Waals surface area contributed by atoms with E-state index in [1.54, 1.807) is 0 Å². The van der Waals surface area contributed by atoms with Crippen LogP contribution >= 0.6 is 0 Å². The van der Waals surface area contributed by atoms with E-state index in [9.17, 15) is 9.59 Å². The Kier molecular flexibility index (Phi) is 6.06. The van der Waals surface area contributed by atoms with Crippen LogP contribution < -0.4 is 5.32 Å². The van der Waals surface area contributed by atoms with Crippen molar-refractivity contribution in [1.29, 1.82) is 0 Å². The van der Waals surface area contributed by atoms with E-state index in [-0.39, 0.29) is 11.9 Å². The Morgan fingerprint density at radius 3 is 2.26 bits per heavy atom. The summed E-state index contributed by atoms with van der Waals surface area (Å²) in [4.78, 5) is 23.3. The van der Waals surface area contributed by atoms with Crippen LogP contribution in [0, 0.1) is 17.8 Å². The van der Waals surface area contributed by atoms with Crippen molar-refractivity contribution >= 4 is 11.9 Å². The predicted molar refractivity (Wildman–Crippen MR) is 74.7 cm³/mol. The van der Waals surface area contributed by atoms with Gasteiger partial charge < -0.3 is 10.4 Å². The van der Waals surface area contributed by atoms with E-state index in [2.05, 4.69) is 19.2 Å². The monoisotopic (exact) mass is 267 g/mol. The fourth-order valence-corrected chi connectivity index (χ4v) is 2.38. The van der Waals surface area contributed by atoms with E-state index in [4.69, 9.17) is 5.11 Å². The zero-order valence-corrected chi connectivity index (χ0v) is 12.1. The highest BCUT2D eigenvalue weighted by Gasteiger charge is 2.34. The van der Waals surface area contributed by atoms with Crippen molar-refractivity contribution in [3.05, 3.63) is 12.2 Å². The van der Waals surface area contributed by atoms with Crippen LogP contribution in [-0.2, 0) is 9.59 Å². The largest absolute Gasteiger partial charge is 0.481 e. The van der Waals surface area contributed by atoms with E-state index >= 15 is 0 Å². The van der Waals surface area contributed by atoms with Gasteiger partial charge in [-0.15, -0.1) is 0 Å². The topological polar surface area (TPSA) is 66.4 Å². The van der Waals surface area contributed by atoms with Crippen molar-refractivity contribution < 1.29 is 14.7 Å². The van der Waals surface area contributed by atoms with Gasteiger partial charge in [-0.25, -0.2) is 0 Å². The molecule has 0 aromatic carbocycles. The Hall–Kier alpha value is -1.32. The maximum atomic E-state index is 12.2. The van der Waals surface area contributed by atoms with Crippen LogP contribution in [0.25, 0.3) is 0 Å². The molecule has 0 aromatic heterocycles. The molecule has 0 fully saturated rings. The molecule has 0 radical (unpaired) electrons. The SMILES string of the molecule is CC(C)CCC(C)NC(=O)C1CC=CCC1C(=O)O. The molecule has 4 heteroatoms. The zero-order chi connectivity index (χ0) is 14.4. The number of allylic oxidation sites excluding steroid dienone is 2. The van der Waals surface area contributed by atoms with Crippen molar-refractivity contribution in [1.82, 2.24) is 5.32 Å². The molecule has 0 aliphatic heterocycles. The summed E-state index contributed by atoms with van der Waals surface area (Å²) in [6.45, 7) is 6.29. The molecule has 2 N–H and O–H groups in total. The summed E-state index contributed by atoms with van der Waals surface area (Å²) >= 11 is 0. The summed E-state index contributed by atoms with van der Waals surface area (Å²) in [6, 6.07) is 0.107. The van der Waals surface area contributed by atoms with Crippen LogP contribution in [-0.4, -0.2) is 23.0 Å². The fourth-order valence-electron chi connectivity index (χ4n) is 2.38. The first-order valence-corrected chi connectivity index (χ1v) is 7.10. The third-order valence-electron chi connectivity index (χ3n) is 3.65. The van der Waals surface area contributed by atoms with Crippen LogP contribution in [0.5, 0.6) is 0 Å². The van der Waals surface area contributed by atoms with Crippen LogP contribution in [0.3, 0.4) is 0 Å². The summed E-state index contributed by atoms with van der Waals surface area (Å²) in [5, 5.41) is 12.1. The second-order valence-electron chi connectivity index (χ2n) is 5.87. The van der Waals surface area contributed by atoms with Gasteiger partial charge in [-0.2, -0.15) is 0 Å². The first-order valence-electron chi connectivity index (χ1n) is 7.10. The van der Waals surface area contributed by atoms with E-state index in [1.165, 1.54) is 0 Å². The smallest absolute Gasteiger partial charge is 0.307 e. The number of carbonyl (C=O) groups is 2. The molecule has 4 nitrogen and oxygen atoms in total. The molecule has 108 valence electrons. The number of carboxylic acids is 1. The Morgan fingerprint density at radius 2 is 1.74 bits per heavy atom. The number of hydrogen-bond acceptors (Lipinski definition) is 2. The molecule has 0 bridgehead atoms. The molecular weight excluding hydrogens is 242 g/mol. The second-order valence-corrected chi connectivity index (χ2v) is 5.87. The van der Waals surface area contributed by atoms with Gasteiger partial charge in [0.25, 0.3) is 0 Å². The number of carboxylic acid groups (broad SMARTS) is 1. The molecule has 0 saturated heterocycles. The maximum absolute atomic E-state index is 12.2. The number of amides is 1. The zero-order valence-electron chi connectivity index (χ0n) is 12.1. The lowest BCUT2D eigenvalue weighted by Crippen LogP contribution is -2.42. The molecule has 19 heavy (non-hydrogen) atoms. The second kappa shape index (κ2) is 7.31. The Labute approximate surface area is 115 Å². The Morgan fingerprint density at radius 1 is 1.16 bits per heavy atom. The average molecular weight is 267 g/mol. The number of rotatable bonds is 6. The van der Waals surface area contributed by atoms with Crippen LogP contribution in [0.2, 0.25) is 0 Å². The number of aliphatic carboxylic acids is 1. The standard InChI is InChI=1S/C15H25NO3/c1-10(2)8-9-11(3)16-14(17)12-6-4-5-7-13(12)15(18)19/h4-5,10-13H,6-9H2,1-3H3,(H,16,17)(H,18,19). The van der Waals surface area contributed by atoms with E-state index < -0.39 is 17.8 Å². The van der Waals surface area contributed by atoms with Gasteiger partial charge in [0.2, 0.25) is 5.91 Å². The van der Waals surface area contributed by atoms with Gasteiger partial charge in [0.05, 0.1) is 11.8 Å². The van der Waals surface area contributed by atoms with Crippen molar-refractivity contribution in [3.8, 4) is 0 Å². The minimum atomic E-state index is -0.876. The highest BCUT2D eigenvalue weighted by Crippen LogP contribution is 2.26. The molecule has 1 amide bonds. The van der Waals surface area contributed by atoms with Gasteiger partial charge in [-0.05, 0) is 38.5 Å². The molecule has 3 unspecified atom stereocenters. The summed E-state index contributed by atoms with van der Waals surface area (Å²) in [5.41, 5.74) is 0. The molecule has 1 aliphatic rings. The quantitative estimate of drug-likeness (QED) is 0.727. The normalized spacial score (nSPS) is 24.2. The molecule has 1 rings (SSSR count). The molecule has 3 atom stereocenters. The minimum absolute atomic E-state index is 0.107. The molecule has 1 aliphatic carbocycles. The van der Waals surface area contributed by atoms with Crippen LogP contribution in [0.4, 0.5) is 0 Å². The molecule has 0 saturated carbocycles.